The first-order valence-electron chi connectivity index (χ1n) is 12.8. The van der Waals surface area contributed by atoms with Crippen LogP contribution >= 0.6 is 0 Å². The maximum absolute atomic E-state index is 13.3. The van der Waals surface area contributed by atoms with Gasteiger partial charge >= 0.3 is 0 Å². The number of piperidine rings is 1. The minimum absolute atomic E-state index is 0.00468. The lowest BCUT2D eigenvalue weighted by Crippen LogP contribution is -2.44. The highest BCUT2D eigenvalue weighted by molar-refractivity contribution is 5.79. The van der Waals surface area contributed by atoms with Crippen LogP contribution in [0.2, 0.25) is 0 Å². The number of H-pyrrole nitrogens is 1. The van der Waals surface area contributed by atoms with Crippen LogP contribution in [-0.2, 0) is 24.2 Å². The largest absolute Gasteiger partial charge is 0.332 e. The van der Waals surface area contributed by atoms with Gasteiger partial charge in [-0.3, -0.25) is 14.5 Å². The van der Waals surface area contributed by atoms with Crippen molar-refractivity contribution in [3.8, 4) is 0 Å². The number of aryl methyl sites for hydroxylation is 1. The van der Waals surface area contributed by atoms with E-state index in [0.717, 1.165) is 62.1 Å². The predicted molar refractivity (Wildman–Crippen MR) is 129 cm³/mol. The quantitative estimate of drug-likeness (QED) is 0.766. The van der Waals surface area contributed by atoms with Gasteiger partial charge in [-0.15, -0.1) is 0 Å². The van der Waals surface area contributed by atoms with Gasteiger partial charge in [0.2, 0.25) is 5.91 Å². The zero-order valence-electron chi connectivity index (χ0n) is 19.8. The second-order valence-corrected chi connectivity index (χ2v) is 10.2. The topological polar surface area (TPSA) is 69.3 Å². The van der Waals surface area contributed by atoms with Gasteiger partial charge < -0.3 is 9.88 Å². The van der Waals surface area contributed by atoms with Gasteiger partial charge in [0.25, 0.3) is 5.56 Å². The Morgan fingerprint density at radius 1 is 1.09 bits per heavy atom. The zero-order valence-corrected chi connectivity index (χ0v) is 19.8. The van der Waals surface area contributed by atoms with E-state index < -0.39 is 0 Å². The maximum atomic E-state index is 13.3. The number of nitrogens with one attached hydrogen (secondary N) is 1. The SMILES string of the molecule is Cc1cccc(CC(=O)N2CCCC[C@@H]2c2nc3c(c(=O)[nH]2)CCN(C2CCCCC2)C3)c1. The van der Waals surface area contributed by atoms with Crippen molar-refractivity contribution < 1.29 is 4.79 Å². The summed E-state index contributed by atoms with van der Waals surface area (Å²) in [6.07, 6.45) is 10.5. The second kappa shape index (κ2) is 9.80. The van der Waals surface area contributed by atoms with Crippen LogP contribution in [-0.4, -0.2) is 44.8 Å². The van der Waals surface area contributed by atoms with Gasteiger partial charge in [-0.25, -0.2) is 4.98 Å². The van der Waals surface area contributed by atoms with Crippen molar-refractivity contribution in [3.63, 3.8) is 0 Å². The molecular weight excluding hydrogens is 412 g/mol. The molecular formula is C27H36N4O2. The Balaban J connectivity index is 1.37. The van der Waals surface area contributed by atoms with Crippen molar-refractivity contribution in [3.05, 3.63) is 62.8 Å². The van der Waals surface area contributed by atoms with Gasteiger partial charge in [0, 0.05) is 31.2 Å². The fraction of sp³-hybridized carbons (Fsp3) is 0.593. The number of fused-ring (bicyclic) bond motifs is 1. The van der Waals surface area contributed by atoms with Crippen LogP contribution in [0.5, 0.6) is 0 Å². The number of carbonyl (C=O) groups excluding carboxylic acids is 1. The van der Waals surface area contributed by atoms with Gasteiger partial charge in [-0.2, -0.15) is 0 Å². The Kier molecular flexibility index (Phi) is 6.63. The summed E-state index contributed by atoms with van der Waals surface area (Å²) in [5, 5.41) is 0. The molecule has 33 heavy (non-hydrogen) atoms. The minimum Gasteiger partial charge on any atom is -0.332 e. The summed E-state index contributed by atoms with van der Waals surface area (Å²) in [6, 6.07) is 8.64. The summed E-state index contributed by atoms with van der Waals surface area (Å²) in [5.74, 6) is 0.802. The molecule has 0 spiro atoms. The highest BCUT2D eigenvalue weighted by atomic mass is 16.2. The van der Waals surface area contributed by atoms with Crippen molar-refractivity contribution in [1.29, 1.82) is 0 Å². The summed E-state index contributed by atoms with van der Waals surface area (Å²) in [5.41, 5.74) is 3.98. The van der Waals surface area contributed by atoms with E-state index in [4.69, 9.17) is 4.98 Å². The third-order valence-corrected chi connectivity index (χ3v) is 7.79. The molecule has 5 rings (SSSR count). The Morgan fingerprint density at radius 3 is 2.73 bits per heavy atom. The van der Waals surface area contributed by atoms with Gasteiger partial charge in [0.05, 0.1) is 18.2 Å². The zero-order chi connectivity index (χ0) is 22.8. The summed E-state index contributed by atoms with van der Waals surface area (Å²) in [6.45, 7) is 4.49. The fourth-order valence-electron chi connectivity index (χ4n) is 6.01. The summed E-state index contributed by atoms with van der Waals surface area (Å²) in [7, 11) is 0. The third kappa shape index (κ3) is 4.91. The lowest BCUT2D eigenvalue weighted by atomic mass is 9.92. The molecule has 6 heteroatoms. The van der Waals surface area contributed by atoms with E-state index in [2.05, 4.69) is 28.9 Å². The van der Waals surface area contributed by atoms with Crippen molar-refractivity contribution in [2.75, 3.05) is 13.1 Å². The summed E-state index contributed by atoms with van der Waals surface area (Å²) < 4.78 is 0. The molecule has 1 aromatic carbocycles. The molecule has 2 fully saturated rings. The Morgan fingerprint density at radius 2 is 1.91 bits per heavy atom. The second-order valence-electron chi connectivity index (χ2n) is 10.2. The molecule has 2 aromatic rings. The average molecular weight is 449 g/mol. The highest BCUT2D eigenvalue weighted by Gasteiger charge is 2.32. The number of likely N-dealkylation sites (tertiary alicyclic amines) is 1. The standard InChI is InChI=1S/C27H36N4O2/c1-19-8-7-9-20(16-19)17-25(32)31-14-6-5-12-24(31)26-28-23-18-30(21-10-3-2-4-11-21)15-13-22(23)27(33)29-26/h7-9,16,21,24H,2-6,10-15,17-18H2,1H3,(H,28,29,33)/t24-/m1/s1. The van der Waals surface area contributed by atoms with E-state index in [-0.39, 0.29) is 17.5 Å². The maximum Gasteiger partial charge on any atom is 0.254 e. The molecule has 0 radical (unpaired) electrons. The predicted octanol–water partition coefficient (Wildman–Crippen LogP) is 4.07. The van der Waals surface area contributed by atoms with Crippen LogP contribution in [0.1, 0.15) is 85.6 Å². The Bertz CT molecular complexity index is 1060. The number of hydrogen-bond acceptors (Lipinski definition) is 4. The van der Waals surface area contributed by atoms with Gasteiger partial charge in [0.1, 0.15) is 5.82 Å². The number of amides is 1. The van der Waals surface area contributed by atoms with Crippen LogP contribution in [0, 0.1) is 6.92 Å². The number of carbonyl (C=O) groups is 1. The molecule has 0 unspecified atom stereocenters. The number of aromatic nitrogens is 2. The number of benzene rings is 1. The number of aromatic amines is 1. The van der Waals surface area contributed by atoms with Gasteiger partial charge in [0.15, 0.2) is 0 Å². The summed E-state index contributed by atoms with van der Waals surface area (Å²) >= 11 is 0. The molecule has 1 aliphatic carbocycles. The van der Waals surface area contributed by atoms with Crippen molar-refractivity contribution >= 4 is 5.91 Å². The Hall–Kier alpha value is -2.47. The smallest absolute Gasteiger partial charge is 0.254 e. The molecule has 1 amide bonds. The molecule has 2 aliphatic heterocycles. The molecule has 1 N–H and O–H groups in total. The van der Waals surface area contributed by atoms with Crippen molar-refractivity contribution in [2.45, 2.75) is 89.8 Å². The van der Waals surface area contributed by atoms with E-state index in [1.807, 2.05) is 17.0 Å². The van der Waals surface area contributed by atoms with E-state index in [9.17, 15) is 9.59 Å². The van der Waals surface area contributed by atoms with Crippen LogP contribution in [0.15, 0.2) is 29.1 Å². The van der Waals surface area contributed by atoms with Crippen molar-refractivity contribution in [1.82, 2.24) is 19.8 Å². The lowest BCUT2D eigenvalue weighted by molar-refractivity contribution is -0.134. The summed E-state index contributed by atoms with van der Waals surface area (Å²) in [4.78, 5) is 38.9. The molecule has 0 bridgehead atoms. The minimum atomic E-state index is -0.140. The van der Waals surface area contributed by atoms with Crippen molar-refractivity contribution in [2.24, 2.45) is 0 Å². The number of nitrogens with zero attached hydrogens (tertiary/aromatic N) is 3. The monoisotopic (exact) mass is 448 g/mol. The van der Waals surface area contributed by atoms with E-state index in [0.29, 0.717) is 18.3 Å². The van der Waals surface area contributed by atoms with Gasteiger partial charge in [-0.05, 0) is 51.0 Å². The van der Waals surface area contributed by atoms with Crippen LogP contribution in [0.25, 0.3) is 0 Å². The highest BCUT2D eigenvalue weighted by Crippen LogP contribution is 2.31. The molecule has 1 aromatic heterocycles. The fourth-order valence-corrected chi connectivity index (χ4v) is 6.01. The molecule has 3 aliphatic rings. The lowest BCUT2D eigenvalue weighted by Gasteiger charge is -2.38. The van der Waals surface area contributed by atoms with Crippen LogP contribution < -0.4 is 5.56 Å². The number of hydrogen-bond donors (Lipinski definition) is 1. The molecule has 6 nitrogen and oxygen atoms in total. The molecule has 1 saturated carbocycles. The molecule has 176 valence electrons. The van der Waals surface area contributed by atoms with Crippen LogP contribution in [0.4, 0.5) is 0 Å². The average Bonchev–Trinajstić information content (AvgIpc) is 2.84. The van der Waals surface area contributed by atoms with E-state index >= 15 is 0 Å². The van der Waals surface area contributed by atoms with E-state index in [1.54, 1.807) is 0 Å². The van der Waals surface area contributed by atoms with Gasteiger partial charge in [-0.1, -0.05) is 49.1 Å². The first-order chi connectivity index (χ1) is 16.1. The Labute approximate surface area is 196 Å². The first-order valence-corrected chi connectivity index (χ1v) is 12.8. The molecule has 1 saturated heterocycles. The molecule has 3 heterocycles. The van der Waals surface area contributed by atoms with Crippen LogP contribution in [0.3, 0.4) is 0 Å². The number of rotatable bonds is 4. The normalized spacial score (nSPS) is 22.2. The third-order valence-electron chi connectivity index (χ3n) is 7.79. The van der Waals surface area contributed by atoms with E-state index in [1.165, 1.54) is 37.7 Å². The molecule has 1 atom stereocenters. The first kappa shape index (κ1) is 22.3.